The molecule has 1 saturated heterocycles. The highest BCUT2D eigenvalue weighted by Crippen LogP contribution is 2.37. The minimum absolute atomic E-state index is 0.0885. The third kappa shape index (κ3) is 3.60. The number of ether oxygens (including phenoxy) is 1. The Hall–Kier alpha value is -2.49. The Bertz CT molecular complexity index is 1270. The van der Waals surface area contributed by atoms with Crippen LogP contribution < -0.4 is 10.1 Å². The van der Waals surface area contributed by atoms with Gasteiger partial charge in [-0.2, -0.15) is 4.31 Å². The molecule has 1 amide bonds. The quantitative estimate of drug-likeness (QED) is 0.646. The van der Waals surface area contributed by atoms with Crippen LogP contribution >= 0.6 is 11.3 Å². The Morgan fingerprint density at radius 1 is 1.19 bits per heavy atom. The van der Waals surface area contributed by atoms with Gasteiger partial charge < -0.3 is 10.1 Å². The van der Waals surface area contributed by atoms with E-state index >= 15 is 0 Å². The molecule has 162 valence electrons. The van der Waals surface area contributed by atoms with Crippen LogP contribution in [0.25, 0.3) is 10.2 Å². The smallest absolute Gasteiger partial charge is 0.243 e. The minimum Gasteiger partial charge on any atom is -0.493 e. The van der Waals surface area contributed by atoms with Gasteiger partial charge in [-0.1, -0.05) is 13.8 Å². The fourth-order valence-electron chi connectivity index (χ4n) is 4.29. The Morgan fingerprint density at radius 2 is 2.03 bits per heavy atom. The first kappa shape index (κ1) is 20.4. The number of nitrogens with one attached hydrogen (secondary N) is 1. The summed E-state index contributed by atoms with van der Waals surface area (Å²) in [5.41, 5.74) is 4.19. The van der Waals surface area contributed by atoms with Gasteiger partial charge in [-0.25, -0.2) is 13.4 Å². The number of thiazole rings is 1. The average Bonchev–Trinajstić information content (AvgIpc) is 3.46. The van der Waals surface area contributed by atoms with Gasteiger partial charge in [0.05, 0.1) is 33.1 Å². The molecule has 1 aromatic heterocycles. The molecule has 9 heteroatoms. The maximum Gasteiger partial charge on any atom is 0.243 e. The second-order valence-corrected chi connectivity index (χ2v) is 11.2. The summed E-state index contributed by atoms with van der Waals surface area (Å²) >= 11 is 1.54. The summed E-state index contributed by atoms with van der Waals surface area (Å²) in [5, 5.41) is 2.94. The molecule has 0 saturated carbocycles. The van der Waals surface area contributed by atoms with E-state index < -0.39 is 15.9 Å². The summed E-state index contributed by atoms with van der Waals surface area (Å²) in [6, 6.07) is 10.6. The van der Waals surface area contributed by atoms with Crippen molar-refractivity contribution < 1.29 is 17.9 Å². The van der Waals surface area contributed by atoms with Gasteiger partial charge in [-0.3, -0.25) is 4.79 Å². The van der Waals surface area contributed by atoms with Gasteiger partial charge in [-0.15, -0.1) is 11.3 Å². The summed E-state index contributed by atoms with van der Waals surface area (Å²) in [7, 11) is -3.69. The lowest BCUT2D eigenvalue weighted by atomic mass is 9.97. The molecule has 7 nitrogen and oxygen atoms in total. The number of amides is 1. The summed E-state index contributed by atoms with van der Waals surface area (Å²) in [6.07, 6.45) is 0. The average molecular weight is 458 g/mol. The van der Waals surface area contributed by atoms with Gasteiger partial charge >= 0.3 is 0 Å². The van der Waals surface area contributed by atoms with Crippen LogP contribution in [0, 0.1) is 11.8 Å². The van der Waals surface area contributed by atoms with Crippen LogP contribution in [0.5, 0.6) is 5.75 Å². The highest BCUT2D eigenvalue weighted by atomic mass is 32.2. The van der Waals surface area contributed by atoms with Crippen molar-refractivity contribution in [2.45, 2.75) is 24.7 Å². The van der Waals surface area contributed by atoms with Gasteiger partial charge in [0.2, 0.25) is 15.9 Å². The summed E-state index contributed by atoms with van der Waals surface area (Å²) in [6.45, 7) is 4.98. The van der Waals surface area contributed by atoms with E-state index in [1.165, 1.54) is 4.31 Å². The molecule has 0 spiro atoms. The molecule has 2 aliphatic rings. The highest BCUT2D eigenvalue weighted by molar-refractivity contribution is 7.89. The summed E-state index contributed by atoms with van der Waals surface area (Å²) < 4.78 is 34.6. The van der Waals surface area contributed by atoms with Crippen molar-refractivity contribution in [1.82, 2.24) is 9.29 Å². The lowest BCUT2D eigenvalue weighted by Gasteiger charge is -2.17. The SMILES string of the molecule is CC1COc2ccc(S(=O)(=O)N3C[C@H](C(=O)Nc4ccc5scnc5c4)[C@@H](C)C3)cc21. The lowest BCUT2D eigenvalue weighted by Crippen LogP contribution is -2.31. The molecule has 31 heavy (non-hydrogen) atoms. The van der Waals surface area contributed by atoms with Crippen molar-refractivity contribution in [1.29, 1.82) is 0 Å². The van der Waals surface area contributed by atoms with E-state index in [0.717, 1.165) is 21.5 Å². The van der Waals surface area contributed by atoms with E-state index in [2.05, 4.69) is 10.3 Å². The zero-order valence-corrected chi connectivity index (χ0v) is 18.9. The Labute approximate surface area is 185 Å². The molecule has 1 unspecified atom stereocenters. The van der Waals surface area contributed by atoms with Crippen LogP contribution in [-0.4, -0.2) is 43.3 Å². The van der Waals surface area contributed by atoms with E-state index in [-0.39, 0.29) is 29.2 Å². The third-order valence-electron chi connectivity index (χ3n) is 6.15. The fraction of sp³-hybridized carbons (Fsp3) is 0.364. The molecule has 3 heterocycles. The molecular weight excluding hydrogens is 434 g/mol. The lowest BCUT2D eigenvalue weighted by molar-refractivity contribution is -0.120. The van der Waals surface area contributed by atoms with E-state index in [9.17, 15) is 13.2 Å². The number of benzene rings is 2. The number of fused-ring (bicyclic) bond motifs is 2. The first-order valence-electron chi connectivity index (χ1n) is 10.2. The Kier molecular flexibility index (Phi) is 4.99. The van der Waals surface area contributed by atoms with Crippen LogP contribution in [0.2, 0.25) is 0 Å². The molecule has 3 atom stereocenters. The predicted molar refractivity (Wildman–Crippen MR) is 120 cm³/mol. The third-order valence-corrected chi connectivity index (χ3v) is 8.79. The standard InChI is InChI=1S/C22H23N3O4S2/c1-13-9-25(31(27,28)16-4-5-20-17(8-16)14(2)11-29-20)10-18(13)22(26)24-15-3-6-21-19(7-15)23-12-30-21/h3-8,12-14,18H,9-11H2,1-2H3,(H,24,26)/t13-,14?,18-/m0/s1. The van der Waals surface area contributed by atoms with Crippen molar-refractivity contribution >= 4 is 43.2 Å². The normalized spacial score (nSPS) is 23.6. The first-order valence-corrected chi connectivity index (χ1v) is 12.6. The van der Waals surface area contributed by atoms with Crippen molar-refractivity contribution in [3.8, 4) is 5.75 Å². The monoisotopic (exact) mass is 457 g/mol. The van der Waals surface area contributed by atoms with Crippen molar-refractivity contribution in [2.75, 3.05) is 25.0 Å². The maximum atomic E-state index is 13.3. The zero-order chi connectivity index (χ0) is 21.8. The molecule has 0 bridgehead atoms. The summed E-state index contributed by atoms with van der Waals surface area (Å²) in [4.78, 5) is 17.5. The number of hydrogen-bond donors (Lipinski definition) is 1. The van der Waals surface area contributed by atoms with Gasteiger partial charge in [0.1, 0.15) is 5.75 Å². The molecular formula is C22H23N3O4S2. The maximum absolute atomic E-state index is 13.3. The van der Waals surface area contributed by atoms with Crippen LogP contribution in [0.1, 0.15) is 25.3 Å². The van der Waals surface area contributed by atoms with E-state index in [0.29, 0.717) is 18.8 Å². The van der Waals surface area contributed by atoms with Crippen molar-refractivity contribution in [3.05, 3.63) is 47.5 Å². The second-order valence-electron chi connectivity index (χ2n) is 8.34. The number of anilines is 1. The Morgan fingerprint density at radius 3 is 2.87 bits per heavy atom. The second kappa shape index (κ2) is 7.58. The highest BCUT2D eigenvalue weighted by Gasteiger charge is 2.41. The zero-order valence-electron chi connectivity index (χ0n) is 17.2. The predicted octanol–water partition coefficient (Wildman–Crippen LogP) is 3.69. The number of nitrogens with zero attached hydrogens (tertiary/aromatic N) is 2. The van der Waals surface area contributed by atoms with E-state index in [4.69, 9.17) is 4.74 Å². The number of aromatic nitrogens is 1. The molecule has 1 fully saturated rings. The van der Waals surface area contributed by atoms with Crippen LogP contribution in [-0.2, 0) is 14.8 Å². The number of rotatable bonds is 4. The summed E-state index contributed by atoms with van der Waals surface area (Å²) in [5.74, 6) is 0.231. The molecule has 3 aromatic rings. The van der Waals surface area contributed by atoms with Gasteiger partial charge in [0, 0.05) is 30.3 Å². The largest absolute Gasteiger partial charge is 0.493 e. The molecule has 1 N–H and O–H groups in total. The van der Waals surface area contributed by atoms with E-state index in [1.54, 1.807) is 35.0 Å². The Balaban J connectivity index is 1.33. The van der Waals surface area contributed by atoms with Crippen LogP contribution in [0.4, 0.5) is 5.69 Å². The van der Waals surface area contributed by atoms with Crippen LogP contribution in [0.15, 0.2) is 46.8 Å². The number of hydrogen-bond acceptors (Lipinski definition) is 6. The van der Waals surface area contributed by atoms with E-state index in [1.807, 2.05) is 32.0 Å². The molecule has 2 aromatic carbocycles. The number of sulfonamides is 1. The fourth-order valence-corrected chi connectivity index (χ4v) is 6.55. The van der Waals surface area contributed by atoms with Crippen molar-refractivity contribution in [3.63, 3.8) is 0 Å². The van der Waals surface area contributed by atoms with Gasteiger partial charge in [0.25, 0.3) is 0 Å². The van der Waals surface area contributed by atoms with Gasteiger partial charge in [-0.05, 0) is 42.3 Å². The molecule has 5 rings (SSSR count). The first-order chi connectivity index (χ1) is 14.8. The molecule has 0 radical (unpaired) electrons. The van der Waals surface area contributed by atoms with Crippen molar-refractivity contribution in [2.24, 2.45) is 11.8 Å². The number of carbonyl (C=O) groups is 1. The topological polar surface area (TPSA) is 88.6 Å². The van der Waals surface area contributed by atoms with Gasteiger partial charge in [0.15, 0.2) is 0 Å². The number of carbonyl (C=O) groups excluding carboxylic acids is 1. The molecule has 0 aliphatic carbocycles. The van der Waals surface area contributed by atoms with Crippen LogP contribution in [0.3, 0.4) is 0 Å². The molecule has 2 aliphatic heterocycles. The minimum atomic E-state index is -3.69.